The maximum absolute atomic E-state index is 13.5. The Hall–Kier alpha value is -1.77. The Morgan fingerprint density at radius 2 is 1.90 bits per heavy atom. The smallest absolute Gasteiger partial charge is 0.196 e. The van der Waals surface area contributed by atoms with Crippen LogP contribution in [0.1, 0.15) is 49.1 Å². The summed E-state index contributed by atoms with van der Waals surface area (Å²) < 4.78 is 15.5. The van der Waals surface area contributed by atoms with E-state index in [1.54, 1.807) is 35.2 Å². The molecule has 0 N–H and O–H groups in total. The third-order valence-electron chi connectivity index (χ3n) is 5.01. The molecule has 4 rings (SSSR count). The lowest BCUT2D eigenvalue weighted by molar-refractivity contribution is 0.214. The number of aryl methyl sites for hydroxylation is 1. The third kappa shape index (κ3) is 5.24. The number of thioether (sulfide) groups is 1. The first kappa shape index (κ1) is 20.5. The Kier molecular flexibility index (Phi) is 6.94. The molecule has 29 heavy (non-hydrogen) atoms. The summed E-state index contributed by atoms with van der Waals surface area (Å²) in [7, 11) is 0. The average molecular weight is 432 g/mol. The van der Waals surface area contributed by atoms with Gasteiger partial charge >= 0.3 is 0 Å². The maximum atomic E-state index is 13.5. The molecular weight excluding hydrogens is 405 g/mol. The number of nitrogens with zero attached hydrogens (tertiary/aromatic N) is 5. The summed E-state index contributed by atoms with van der Waals surface area (Å²) in [4.78, 5) is 7.14. The largest absolute Gasteiger partial charge is 0.296 e. The SMILES string of the molecule is CCCc1nc(CSc2nnc(CN3CCCCC3)n2-c2ccc(F)cc2)cs1. The first-order valence-electron chi connectivity index (χ1n) is 10.2. The van der Waals surface area contributed by atoms with Gasteiger partial charge in [-0.2, -0.15) is 0 Å². The standard InChI is InChI=1S/C21H26FN5S2/c1-2-6-20-23-17(14-28-20)15-29-21-25-24-19(13-26-11-4-3-5-12-26)27(21)18-9-7-16(22)8-10-18/h7-10,14H,2-6,11-13,15H2,1H3. The van der Waals surface area contributed by atoms with Crippen LogP contribution in [-0.2, 0) is 18.7 Å². The minimum absolute atomic E-state index is 0.237. The average Bonchev–Trinajstić information content (AvgIpc) is 3.35. The number of thiazole rings is 1. The van der Waals surface area contributed by atoms with Crippen molar-refractivity contribution >= 4 is 23.1 Å². The molecule has 154 valence electrons. The number of halogens is 1. The van der Waals surface area contributed by atoms with Crippen LogP contribution in [0.25, 0.3) is 5.69 Å². The molecule has 1 aliphatic heterocycles. The van der Waals surface area contributed by atoms with Gasteiger partial charge in [-0.25, -0.2) is 9.37 Å². The second-order valence-electron chi connectivity index (χ2n) is 7.32. The topological polar surface area (TPSA) is 46.8 Å². The van der Waals surface area contributed by atoms with Gasteiger partial charge in [-0.15, -0.1) is 21.5 Å². The van der Waals surface area contributed by atoms with Crippen LogP contribution < -0.4 is 0 Å². The Bertz CT molecular complexity index is 916. The molecule has 3 aromatic rings. The molecule has 0 radical (unpaired) electrons. The molecule has 0 aliphatic carbocycles. The van der Waals surface area contributed by atoms with Crippen LogP contribution in [0.3, 0.4) is 0 Å². The summed E-state index contributed by atoms with van der Waals surface area (Å²) in [5.74, 6) is 1.42. The van der Waals surface area contributed by atoms with Crippen molar-refractivity contribution in [3.63, 3.8) is 0 Å². The van der Waals surface area contributed by atoms with Crippen LogP contribution in [0.15, 0.2) is 34.8 Å². The molecule has 0 atom stereocenters. The van der Waals surface area contributed by atoms with Crippen LogP contribution in [0.4, 0.5) is 4.39 Å². The third-order valence-corrected chi connectivity index (χ3v) is 6.93. The number of hydrogen-bond donors (Lipinski definition) is 0. The van der Waals surface area contributed by atoms with Gasteiger partial charge in [0.05, 0.1) is 17.2 Å². The van der Waals surface area contributed by atoms with E-state index in [1.807, 2.05) is 0 Å². The van der Waals surface area contributed by atoms with Gasteiger partial charge in [0.25, 0.3) is 0 Å². The monoisotopic (exact) mass is 431 g/mol. The highest BCUT2D eigenvalue weighted by atomic mass is 32.2. The number of aromatic nitrogens is 4. The highest BCUT2D eigenvalue weighted by molar-refractivity contribution is 7.98. The van der Waals surface area contributed by atoms with Gasteiger partial charge in [0, 0.05) is 16.8 Å². The normalized spacial score (nSPS) is 15.1. The zero-order valence-electron chi connectivity index (χ0n) is 16.7. The zero-order chi connectivity index (χ0) is 20.1. The highest BCUT2D eigenvalue weighted by Gasteiger charge is 2.19. The molecular formula is C21H26FN5S2. The van der Waals surface area contributed by atoms with Crippen molar-refractivity contribution in [2.75, 3.05) is 13.1 Å². The van der Waals surface area contributed by atoms with Crippen LogP contribution in [0.5, 0.6) is 0 Å². The molecule has 0 unspecified atom stereocenters. The van der Waals surface area contributed by atoms with E-state index in [9.17, 15) is 4.39 Å². The van der Waals surface area contributed by atoms with E-state index >= 15 is 0 Å². The lowest BCUT2D eigenvalue weighted by Gasteiger charge is -2.26. The van der Waals surface area contributed by atoms with Crippen LogP contribution >= 0.6 is 23.1 Å². The number of benzene rings is 1. The van der Waals surface area contributed by atoms with Gasteiger partial charge in [0.2, 0.25) is 0 Å². The van der Waals surface area contributed by atoms with Gasteiger partial charge in [0.15, 0.2) is 11.0 Å². The van der Waals surface area contributed by atoms with E-state index in [1.165, 1.54) is 36.4 Å². The van der Waals surface area contributed by atoms with Crippen molar-refractivity contribution < 1.29 is 4.39 Å². The van der Waals surface area contributed by atoms with E-state index in [0.29, 0.717) is 0 Å². The van der Waals surface area contributed by atoms with E-state index in [4.69, 9.17) is 4.98 Å². The summed E-state index contributed by atoms with van der Waals surface area (Å²) in [6.45, 7) is 5.13. The Balaban J connectivity index is 1.55. The van der Waals surface area contributed by atoms with E-state index in [2.05, 4.69) is 32.0 Å². The van der Waals surface area contributed by atoms with Crippen LogP contribution in [0, 0.1) is 5.82 Å². The number of hydrogen-bond acceptors (Lipinski definition) is 6. The van der Waals surface area contributed by atoms with E-state index in [0.717, 1.165) is 60.6 Å². The predicted molar refractivity (Wildman–Crippen MR) is 116 cm³/mol. The molecule has 0 saturated carbocycles. The molecule has 1 aromatic carbocycles. The summed E-state index contributed by atoms with van der Waals surface area (Å²) in [5, 5.41) is 13.1. The van der Waals surface area contributed by atoms with Crippen LogP contribution in [0.2, 0.25) is 0 Å². The minimum Gasteiger partial charge on any atom is -0.296 e. The highest BCUT2D eigenvalue weighted by Crippen LogP contribution is 2.27. The Morgan fingerprint density at radius 1 is 1.10 bits per heavy atom. The number of piperidine rings is 1. The fourth-order valence-electron chi connectivity index (χ4n) is 3.55. The molecule has 0 bridgehead atoms. The molecule has 1 aliphatic rings. The second kappa shape index (κ2) is 9.82. The summed E-state index contributed by atoms with van der Waals surface area (Å²) in [6, 6.07) is 6.58. The van der Waals surface area contributed by atoms with Gasteiger partial charge in [-0.1, -0.05) is 25.1 Å². The lowest BCUT2D eigenvalue weighted by atomic mass is 10.1. The van der Waals surface area contributed by atoms with Crippen molar-refractivity contribution in [3.05, 3.63) is 52.0 Å². The molecule has 1 saturated heterocycles. The molecule has 3 heterocycles. The van der Waals surface area contributed by atoms with E-state index in [-0.39, 0.29) is 5.82 Å². The van der Waals surface area contributed by atoms with Gasteiger partial charge in [0.1, 0.15) is 5.82 Å². The minimum atomic E-state index is -0.237. The Labute approximate surface area is 179 Å². The lowest BCUT2D eigenvalue weighted by Crippen LogP contribution is -2.30. The van der Waals surface area contributed by atoms with Crippen LogP contribution in [-0.4, -0.2) is 37.7 Å². The van der Waals surface area contributed by atoms with Gasteiger partial charge < -0.3 is 0 Å². The summed E-state index contributed by atoms with van der Waals surface area (Å²) in [5.41, 5.74) is 1.98. The quantitative estimate of drug-likeness (QED) is 0.465. The molecule has 1 fully saturated rings. The number of likely N-dealkylation sites (tertiary alicyclic amines) is 1. The first-order valence-corrected chi connectivity index (χ1v) is 12.1. The van der Waals surface area contributed by atoms with Gasteiger partial charge in [-0.3, -0.25) is 9.47 Å². The number of rotatable bonds is 8. The summed E-state index contributed by atoms with van der Waals surface area (Å²) in [6.07, 6.45) is 5.91. The zero-order valence-corrected chi connectivity index (χ0v) is 18.3. The van der Waals surface area contributed by atoms with Gasteiger partial charge in [-0.05, 0) is 63.0 Å². The maximum Gasteiger partial charge on any atom is 0.196 e. The van der Waals surface area contributed by atoms with Crippen molar-refractivity contribution in [1.82, 2.24) is 24.6 Å². The molecule has 0 amide bonds. The fourth-order valence-corrected chi connectivity index (χ4v) is 5.41. The predicted octanol–water partition coefficient (Wildman–Crippen LogP) is 5.09. The molecule has 8 heteroatoms. The van der Waals surface area contributed by atoms with Crippen molar-refractivity contribution in [2.45, 2.75) is 56.5 Å². The molecule has 2 aromatic heterocycles. The Morgan fingerprint density at radius 3 is 2.66 bits per heavy atom. The van der Waals surface area contributed by atoms with Crippen molar-refractivity contribution in [2.24, 2.45) is 0 Å². The van der Waals surface area contributed by atoms with Crippen molar-refractivity contribution in [1.29, 1.82) is 0 Å². The summed E-state index contributed by atoms with van der Waals surface area (Å²) >= 11 is 3.36. The molecule has 5 nitrogen and oxygen atoms in total. The first-order chi connectivity index (χ1) is 14.2. The van der Waals surface area contributed by atoms with Crippen molar-refractivity contribution in [3.8, 4) is 5.69 Å². The van der Waals surface area contributed by atoms with E-state index < -0.39 is 0 Å². The fraction of sp³-hybridized carbons (Fsp3) is 0.476. The second-order valence-corrected chi connectivity index (χ2v) is 9.20. The molecule has 0 spiro atoms.